The van der Waals surface area contributed by atoms with Crippen LogP contribution in [0.3, 0.4) is 0 Å². The van der Waals surface area contributed by atoms with Crippen LogP contribution in [0.2, 0.25) is 5.02 Å². The van der Waals surface area contributed by atoms with E-state index in [0.717, 1.165) is 38.9 Å². The molecular formula is C23H25ClN6O. The third-order valence-corrected chi connectivity index (χ3v) is 5.45. The van der Waals surface area contributed by atoms with Gasteiger partial charge in [0, 0.05) is 42.1 Å². The highest BCUT2D eigenvalue weighted by Gasteiger charge is 2.11. The zero-order valence-electron chi connectivity index (χ0n) is 17.8. The van der Waals surface area contributed by atoms with E-state index in [2.05, 4.69) is 32.5 Å². The number of benzene rings is 1. The number of nitrogen functional groups attached to an aromatic ring is 1. The Morgan fingerprint density at radius 3 is 2.77 bits per heavy atom. The minimum atomic E-state index is 0.549. The minimum Gasteiger partial charge on any atom is -0.480 e. The molecule has 31 heavy (non-hydrogen) atoms. The molecule has 0 aliphatic rings. The number of nitrogens with one attached hydrogen (secondary N) is 1. The molecule has 160 valence electrons. The zero-order valence-corrected chi connectivity index (χ0v) is 18.6. The normalized spacial score (nSPS) is 11.2. The molecule has 0 radical (unpaired) electrons. The number of hydrogen-bond acceptors (Lipinski definition) is 6. The standard InChI is InChI=1S/C23H25ClN6O/c1-14-6-22(25)28-15(2)20(14)11-26-9-18-13-30(29-23(18)31-3)12-16-4-5-21-17(7-16)8-19(24)10-27-21/h4-8,10,13,26H,9,11-12H2,1-3H3,(H2,25,28). The van der Waals surface area contributed by atoms with Crippen LogP contribution in [0.25, 0.3) is 10.9 Å². The van der Waals surface area contributed by atoms with Crippen LogP contribution in [0.1, 0.15) is 27.9 Å². The molecule has 4 aromatic rings. The first kappa shape index (κ1) is 21.1. The van der Waals surface area contributed by atoms with Gasteiger partial charge in [-0.15, -0.1) is 5.10 Å². The van der Waals surface area contributed by atoms with E-state index in [9.17, 15) is 0 Å². The third kappa shape index (κ3) is 4.78. The molecule has 0 aliphatic heterocycles. The van der Waals surface area contributed by atoms with E-state index in [1.165, 1.54) is 0 Å². The molecule has 3 N–H and O–H groups in total. The summed E-state index contributed by atoms with van der Waals surface area (Å²) in [6.07, 6.45) is 3.66. The zero-order chi connectivity index (χ0) is 22.0. The summed E-state index contributed by atoms with van der Waals surface area (Å²) in [4.78, 5) is 8.70. The second kappa shape index (κ2) is 8.91. The number of nitrogens with two attached hydrogens (primary N) is 1. The second-order valence-electron chi connectivity index (χ2n) is 7.57. The Morgan fingerprint density at radius 1 is 1.16 bits per heavy atom. The molecule has 0 bridgehead atoms. The molecule has 7 nitrogen and oxygen atoms in total. The molecule has 0 saturated carbocycles. The average Bonchev–Trinajstić information content (AvgIpc) is 3.11. The number of pyridine rings is 2. The summed E-state index contributed by atoms with van der Waals surface area (Å²) in [6, 6.07) is 9.95. The first-order valence-electron chi connectivity index (χ1n) is 10.0. The van der Waals surface area contributed by atoms with Gasteiger partial charge in [0.2, 0.25) is 5.88 Å². The van der Waals surface area contributed by atoms with Crippen molar-refractivity contribution in [3.63, 3.8) is 0 Å². The molecule has 0 atom stereocenters. The Balaban J connectivity index is 1.47. The van der Waals surface area contributed by atoms with Gasteiger partial charge >= 0.3 is 0 Å². The summed E-state index contributed by atoms with van der Waals surface area (Å²) < 4.78 is 7.37. The van der Waals surface area contributed by atoms with Crippen molar-refractivity contribution in [2.45, 2.75) is 33.5 Å². The van der Waals surface area contributed by atoms with E-state index in [4.69, 9.17) is 22.1 Å². The van der Waals surface area contributed by atoms with Crippen LogP contribution in [0.15, 0.2) is 42.7 Å². The van der Waals surface area contributed by atoms with Gasteiger partial charge in [-0.25, -0.2) is 4.98 Å². The maximum absolute atomic E-state index is 6.08. The first-order valence-corrected chi connectivity index (χ1v) is 10.4. The number of anilines is 1. The molecule has 1 aromatic carbocycles. The van der Waals surface area contributed by atoms with Gasteiger partial charge in [0.05, 0.1) is 24.2 Å². The van der Waals surface area contributed by atoms with Gasteiger partial charge in [0.25, 0.3) is 0 Å². The average molecular weight is 437 g/mol. The highest BCUT2D eigenvalue weighted by atomic mass is 35.5. The highest BCUT2D eigenvalue weighted by Crippen LogP contribution is 2.21. The number of halogens is 1. The lowest BCUT2D eigenvalue weighted by molar-refractivity contribution is 0.385. The maximum Gasteiger partial charge on any atom is 0.237 e. The Labute approximate surface area is 186 Å². The lowest BCUT2D eigenvalue weighted by atomic mass is 10.1. The molecule has 0 unspecified atom stereocenters. The monoisotopic (exact) mass is 436 g/mol. The van der Waals surface area contributed by atoms with E-state index in [1.54, 1.807) is 13.3 Å². The van der Waals surface area contributed by atoms with Crippen molar-refractivity contribution in [1.29, 1.82) is 0 Å². The van der Waals surface area contributed by atoms with Crippen molar-refractivity contribution in [2.75, 3.05) is 12.8 Å². The fourth-order valence-electron chi connectivity index (χ4n) is 3.74. The SMILES string of the molecule is COc1nn(Cc2ccc3ncc(Cl)cc3c2)cc1CNCc1c(C)cc(N)nc1C. The topological polar surface area (TPSA) is 90.9 Å². The van der Waals surface area contributed by atoms with E-state index < -0.39 is 0 Å². The van der Waals surface area contributed by atoms with E-state index in [1.807, 2.05) is 42.9 Å². The van der Waals surface area contributed by atoms with Gasteiger partial charge in [-0.2, -0.15) is 0 Å². The number of ether oxygens (including phenoxy) is 1. The van der Waals surface area contributed by atoms with Crippen molar-refractivity contribution < 1.29 is 4.74 Å². The van der Waals surface area contributed by atoms with Crippen molar-refractivity contribution >= 4 is 28.3 Å². The predicted molar refractivity (Wildman–Crippen MR) is 123 cm³/mol. The number of methoxy groups -OCH3 is 1. The Hall–Kier alpha value is -3.16. The smallest absolute Gasteiger partial charge is 0.237 e. The van der Waals surface area contributed by atoms with Crippen LogP contribution in [0.4, 0.5) is 5.82 Å². The van der Waals surface area contributed by atoms with Gasteiger partial charge in [0.1, 0.15) is 5.82 Å². The van der Waals surface area contributed by atoms with E-state index >= 15 is 0 Å². The summed E-state index contributed by atoms with van der Waals surface area (Å²) in [7, 11) is 1.64. The van der Waals surface area contributed by atoms with Crippen LogP contribution in [0, 0.1) is 13.8 Å². The number of fused-ring (bicyclic) bond motifs is 1. The van der Waals surface area contributed by atoms with Gasteiger partial charge in [0.15, 0.2) is 0 Å². The molecule has 0 fully saturated rings. The van der Waals surface area contributed by atoms with Crippen LogP contribution in [-0.2, 0) is 19.6 Å². The number of aromatic nitrogens is 4. The maximum atomic E-state index is 6.08. The number of aryl methyl sites for hydroxylation is 2. The van der Waals surface area contributed by atoms with E-state index in [-0.39, 0.29) is 0 Å². The number of hydrogen-bond donors (Lipinski definition) is 2. The molecule has 3 heterocycles. The summed E-state index contributed by atoms with van der Waals surface area (Å²) in [5.41, 5.74) is 12.1. The van der Waals surface area contributed by atoms with Gasteiger partial charge in [-0.1, -0.05) is 17.7 Å². The Morgan fingerprint density at radius 2 is 2.00 bits per heavy atom. The number of nitrogens with zero attached hydrogens (tertiary/aromatic N) is 4. The van der Waals surface area contributed by atoms with Crippen molar-refractivity contribution in [3.8, 4) is 5.88 Å². The van der Waals surface area contributed by atoms with Gasteiger partial charge < -0.3 is 15.8 Å². The molecular weight excluding hydrogens is 412 g/mol. The lowest BCUT2D eigenvalue weighted by Crippen LogP contribution is -2.15. The molecule has 0 spiro atoms. The quantitative estimate of drug-likeness (QED) is 0.454. The largest absolute Gasteiger partial charge is 0.480 e. The summed E-state index contributed by atoms with van der Waals surface area (Å²) in [5, 5.41) is 9.68. The van der Waals surface area contributed by atoms with Crippen molar-refractivity contribution in [3.05, 3.63) is 75.7 Å². The van der Waals surface area contributed by atoms with Gasteiger partial charge in [-0.05, 0) is 54.8 Å². The second-order valence-corrected chi connectivity index (χ2v) is 8.01. The summed E-state index contributed by atoms with van der Waals surface area (Å²) in [5.74, 6) is 1.16. The third-order valence-electron chi connectivity index (χ3n) is 5.24. The predicted octanol–water partition coefficient (Wildman–Crippen LogP) is 4.03. The fraction of sp³-hybridized carbons (Fsp3) is 0.261. The first-order chi connectivity index (χ1) is 14.9. The molecule has 0 amide bonds. The van der Waals surface area contributed by atoms with Crippen LogP contribution >= 0.6 is 11.6 Å². The minimum absolute atomic E-state index is 0.549. The molecule has 3 aromatic heterocycles. The van der Waals surface area contributed by atoms with Gasteiger partial charge in [-0.3, -0.25) is 9.67 Å². The Kier molecular flexibility index (Phi) is 6.06. The van der Waals surface area contributed by atoms with Crippen LogP contribution in [0.5, 0.6) is 5.88 Å². The Bertz CT molecular complexity index is 1210. The summed E-state index contributed by atoms with van der Waals surface area (Å²) in [6.45, 7) is 5.97. The van der Waals surface area contributed by atoms with Crippen molar-refractivity contribution in [1.82, 2.24) is 25.1 Å². The van der Waals surface area contributed by atoms with Crippen LogP contribution in [-0.4, -0.2) is 26.9 Å². The summed E-state index contributed by atoms with van der Waals surface area (Å²) >= 11 is 6.08. The van der Waals surface area contributed by atoms with Crippen LogP contribution < -0.4 is 15.8 Å². The number of rotatable bonds is 7. The molecule has 0 saturated heterocycles. The highest BCUT2D eigenvalue weighted by molar-refractivity contribution is 6.31. The van der Waals surface area contributed by atoms with Crippen molar-refractivity contribution in [2.24, 2.45) is 0 Å². The fourth-order valence-corrected chi connectivity index (χ4v) is 3.90. The lowest BCUT2D eigenvalue weighted by Gasteiger charge is -2.11. The van der Waals surface area contributed by atoms with E-state index in [0.29, 0.717) is 36.4 Å². The molecule has 4 rings (SSSR count). The molecule has 8 heteroatoms. The molecule has 0 aliphatic carbocycles.